The van der Waals surface area contributed by atoms with Crippen molar-refractivity contribution in [3.63, 3.8) is 0 Å². The molecule has 9 heteroatoms. The fourth-order valence-corrected chi connectivity index (χ4v) is 6.14. The second-order valence-corrected chi connectivity index (χ2v) is 11.3. The van der Waals surface area contributed by atoms with Crippen molar-refractivity contribution in [1.82, 2.24) is 14.0 Å². The zero-order valence-corrected chi connectivity index (χ0v) is 24.3. The summed E-state index contributed by atoms with van der Waals surface area (Å²) in [7, 11) is 0. The summed E-state index contributed by atoms with van der Waals surface area (Å²) < 4.78 is 5.22. The first kappa shape index (κ1) is 26.4. The molecule has 0 N–H and O–H groups in total. The number of thiazole rings is 1. The Hall–Kier alpha value is -3.20. The number of likely N-dealkylation sites (N-methyl/N-ethyl adjacent to an activating group) is 1. The summed E-state index contributed by atoms with van der Waals surface area (Å²) in [5.41, 5.74) is 3.61. The van der Waals surface area contributed by atoms with Crippen LogP contribution < -0.4 is 14.9 Å². The van der Waals surface area contributed by atoms with Crippen molar-refractivity contribution < 1.29 is 4.79 Å². The van der Waals surface area contributed by atoms with E-state index in [1.165, 1.54) is 11.3 Å². The normalized spacial score (nSPS) is 15.4. The quantitative estimate of drug-likeness (QED) is 0.298. The van der Waals surface area contributed by atoms with Crippen LogP contribution in [0.2, 0.25) is 5.02 Å². The average Bonchev–Trinajstić information content (AvgIpc) is 3.49. The number of hydrogen-bond donors (Lipinski definition) is 0. The van der Waals surface area contributed by atoms with Crippen molar-refractivity contribution in [2.45, 2.75) is 26.8 Å². The lowest BCUT2D eigenvalue weighted by Crippen LogP contribution is -2.43. The van der Waals surface area contributed by atoms with Crippen molar-refractivity contribution in [2.24, 2.45) is 4.99 Å². The second kappa shape index (κ2) is 10.9. The number of fused-ring (bicyclic) bond motifs is 1. The van der Waals surface area contributed by atoms with Crippen molar-refractivity contribution >= 4 is 50.9 Å². The van der Waals surface area contributed by atoms with Crippen molar-refractivity contribution in [3.8, 4) is 5.69 Å². The van der Waals surface area contributed by atoms with Crippen LogP contribution in [0.5, 0.6) is 0 Å². The first-order valence-electron chi connectivity index (χ1n) is 12.3. The van der Waals surface area contributed by atoms with Crippen LogP contribution in [0.25, 0.3) is 11.8 Å². The monoisotopic (exact) mass is 608 g/mol. The largest absolute Gasteiger partial charge is 0.339 e. The highest BCUT2D eigenvalue weighted by molar-refractivity contribution is 9.10. The molecular weight excluding hydrogens is 584 g/mol. The predicted molar refractivity (Wildman–Crippen MR) is 157 cm³/mol. The van der Waals surface area contributed by atoms with Crippen LogP contribution in [-0.4, -0.2) is 33.0 Å². The van der Waals surface area contributed by atoms with E-state index in [-0.39, 0.29) is 11.5 Å². The molecule has 0 aliphatic carbocycles. The highest BCUT2D eigenvalue weighted by atomic mass is 79.9. The number of carbonyl (C=O) groups is 1. The second-order valence-electron chi connectivity index (χ2n) is 8.89. The number of benzene rings is 2. The summed E-state index contributed by atoms with van der Waals surface area (Å²) in [6, 6.07) is 18.6. The Morgan fingerprint density at radius 3 is 2.45 bits per heavy atom. The van der Waals surface area contributed by atoms with Gasteiger partial charge in [-0.05, 0) is 80.9 Å². The molecule has 2 aromatic heterocycles. The Labute approximate surface area is 238 Å². The number of amides is 1. The standard InChI is InChI=1S/C29H26BrClN4O2S/c1-4-33(5-2)28(37)25-18(3)32-29-35(26(25)19-8-12-21(31)13-9-19)27(36)24(38-29)17-23-7-6-16-34(23)22-14-10-20(30)11-15-22/h6-17,26H,4-5H2,1-3H3/b24-17+/t26-/m0/s1. The van der Waals surface area contributed by atoms with Crippen molar-refractivity contribution in [3.05, 3.63) is 119 Å². The van der Waals surface area contributed by atoms with Gasteiger partial charge in [0.05, 0.1) is 21.8 Å². The number of hydrogen-bond acceptors (Lipinski definition) is 4. The van der Waals surface area contributed by atoms with E-state index >= 15 is 0 Å². The van der Waals surface area contributed by atoms with Crippen LogP contribution in [0.15, 0.2) is 92.4 Å². The molecular formula is C29H26BrClN4O2S. The first-order chi connectivity index (χ1) is 18.3. The molecule has 4 aromatic rings. The van der Waals surface area contributed by atoms with E-state index in [1.54, 1.807) is 21.6 Å². The van der Waals surface area contributed by atoms with Gasteiger partial charge in [-0.15, -0.1) is 0 Å². The fraction of sp³-hybridized carbons (Fsp3) is 0.207. The highest BCUT2D eigenvalue weighted by Crippen LogP contribution is 2.31. The molecule has 0 spiro atoms. The Morgan fingerprint density at radius 1 is 1.11 bits per heavy atom. The minimum atomic E-state index is -0.600. The van der Waals surface area contributed by atoms with E-state index in [4.69, 9.17) is 16.6 Å². The molecule has 194 valence electrons. The SMILES string of the molecule is CCN(CC)C(=O)C1=C(C)N=c2s/c(=C/c3cccn3-c3ccc(Br)cc3)c(=O)n2[C@H]1c1ccc(Cl)cc1. The van der Waals surface area contributed by atoms with E-state index in [0.717, 1.165) is 21.4 Å². The fourth-order valence-electron chi connectivity index (χ4n) is 4.72. The third-order valence-corrected chi connectivity index (χ3v) is 8.42. The van der Waals surface area contributed by atoms with Gasteiger partial charge in [-0.1, -0.05) is 51.0 Å². The first-order valence-corrected chi connectivity index (χ1v) is 14.3. The molecule has 0 saturated carbocycles. The summed E-state index contributed by atoms with van der Waals surface area (Å²) >= 11 is 11.0. The molecule has 1 amide bonds. The van der Waals surface area contributed by atoms with Gasteiger partial charge in [0.15, 0.2) is 4.80 Å². The lowest BCUT2D eigenvalue weighted by molar-refractivity contribution is -0.127. The Morgan fingerprint density at radius 2 is 1.79 bits per heavy atom. The zero-order chi connectivity index (χ0) is 27.0. The van der Waals surface area contributed by atoms with Crippen LogP contribution in [0.1, 0.15) is 38.1 Å². The number of halogens is 2. The average molecular weight is 610 g/mol. The Bertz CT molecular complexity index is 1710. The van der Waals surface area contributed by atoms with Gasteiger partial charge in [0.1, 0.15) is 0 Å². The number of aromatic nitrogens is 2. The van der Waals surface area contributed by atoms with Gasteiger partial charge in [-0.25, -0.2) is 4.99 Å². The molecule has 1 aliphatic heterocycles. The predicted octanol–water partition coefficient (Wildman–Crippen LogP) is 5.31. The number of rotatable bonds is 6. The molecule has 2 aromatic carbocycles. The zero-order valence-electron chi connectivity index (χ0n) is 21.2. The van der Waals surface area contributed by atoms with Crippen LogP contribution >= 0.6 is 38.9 Å². The summed E-state index contributed by atoms with van der Waals surface area (Å²) in [6.07, 6.45) is 3.85. The van der Waals surface area contributed by atoms with Gasteiger partial charge in [0.25, 0.3) is 11.5 Å². The maximum Gasteiger partial charge on any atom is 0.271 e. The lowest BCUT2D eigenvalue weighted by atomic mass is 9.94. The molecule has 1 atom stereocenters. The molecule has 38 heavy (non-hydrogen) atoms. The summed E-state index contributed by atoms with van der Waals surface area (Å²) in [4.78, 5) is 34.7. The van der Waals surface area contributed by atoms with Crippen LogP contribution in [0.4, 0.5) is 0 Å². The van der Waals surface area contributed by atoms with Gasteiger partial charge in [0, 0.05) is 40.2 Å². The van der Waals surface area contributed by atoms with Gasteiger partial charge >= 0.3 is 0 Å². The smallest absolute Gasteiger partial charge is 0.271 e. The summed E-state index contributed by atoms with van der Waals surface area (Å²) in [5, 5.41) is 0.590. The van der Waals surface area contributed by atoms with Gasteiger partial charge in [-0.2, -0.15) is 0 Å². The number of nitrogens with zero attached hydrogens (tertiary/aromatic N) is 4. The molecule has 6 nitrogen and oxygen atoms in total. The van der Waals surface area contributed by atoms with Gasteiger partial charge < -0.3 is 9.47 Å². The Kier molecular flexibility index (Phi) is 7.56. The molecule has 0 radical (unpaired) electrons. The summed E-state index contributed by atoms with van der Waals surface area (Å²) in [6.45, 7) is 6.87. The van der Waals surface area contributed by atoms with Crippen molar-refractivity contribution in [2.75, 3.05) is 13.1 Å². The minimum Gasteiger partial charge on any atom is -0.339 e. The molecule has 0 unspecified atom stereocenters. The van der Waals surface area contributed by atoms with E-state index in [2.05, 4.69) is 15.9 Å². The molecule has 0 fully saturated rings. The third-order valence-electron chi connectivity index (χ3n) is 6.65. The molecule has 3 heterocycles. The molecule has 5 rings (SSSR count). The van der Waals surface area contributed by atoms with Crippen molar-refractivity contribution in [1.29, 1.82) is 0 Å². The van der Waals surface area contributed by atoms with E-state index in [9.17, 15) is 9.59 Å². The maximum absolute atomic E-state index is 14.0. The van der Waals surface area contributed by atoms with E-state index in [0.29, 0.717) is 38.7 Å². The Balaban J connectivity index is 1.69. The molecule has 0 bridgehead atoms. The topological polar surface area (TPSA) is 59.6 Å². The van der Waals surface area contributed by atoms with Crippen LogP contribution in [0.3, 0.4) is 0 Å². The van der Waals surface area contributed by atoms with Crippen LogP contribution in [-0.2, 0) is 4.79 Å². The lowest BCUT2D eigenvalue weighted by Gasteiger charge is -2.29. The summed E-state index contributed by atoms with van der Waals surface area (Å²) in [5.74, 6) is -0.116. The van der Waals surface area contributed by atoms with E-state index < -0.39 is 6.04 Å². The molecule has 1 aliphatic rings. The van der Waals surface area contributed by atoms with Gasteiger partial charge in [-0.3, -0.25) is 14.2 Å². The molecule has 0 saturated heterocycles. The highest BCUT2D eigenvalue weighted by Gasteiger charge is 2.34. The van der Waals surface area contributed by atoms with Gasteiger partial charge in [0.2, 0.25) is 0 Å². The third kappa shape index (κ3) is 4.84. The van der Waals surface area contributed by atoms with E-state index in [1.807, 2.05) is 86.1 Å². The number of carbonyl (C=O) groups excluding carboxylic acids is 1. The number of allylic oxidation sites excluding steroid dienone is 1. The minimum absolute atomic E-state index is 0.116. The van der Waals surface area contributed by atoms with Crippen LogP contribution in [0, 0.1) is 0 Å². The maximum atomic E-state index is 14.0.